The average Bonchev–Trinajstić information content (AvgIpc) is 2.32. The molecular weight excluding hydrogens is 215 g/mol. The number of hydrogen-bond acceptors (Lipinski definition) is 1. The zero-order valence-corrected chi connectivity index (χ0v) is 9.82. The third-order valence-electron chi connectivity index (χ3n) is 3.51. The quantitative estimate of drug-likeness (QED) is 0.730. The Hall–Kier alpha value is -1.57. The van der Waals surface area contributed by atoms with Gasteiger partial charge in [-0.2, -0.15) is 0 Å². The number of rotatable bonds is 2. The van der Waals surface area contributed by atoms with E-state index in [4.69, 9.17) is 4.74 Å². The molecule has 2 heteroatoms. The molecule has 1 aliphatic carbocycles. The molecule has 1 heterocycles. The maximum Gasteiger partial charge on any atom is 0.127 e. The smallest absolute Gasteiger partial charge is 0.127 e. The first kappa shape index (κ1) is 10.6. The molecule has 3 rings (SSSR count). The SMILES string of the molecule is CCC1Oc2cc(C3C=CC(F)=CC3)ccc21. The third-order valence-corrected chi connectivity index (χ3v) is 3.51. The van der Waals surface area contributed by atoms with E-state index in [1.807, 2.05) is 6.08 Å². The molecule has 0 saturated carbocycles. The highest BCUT2D eigenvalue weighted by Crippen LogP contribution is 2.43. The van der Waals surface area contributed by atoms with E-state index in [1.54, 1.807) is 12.2 Å². The van der Waals surface area contributed by atoms with Crippen LogP contribution in [0.1, 0.15) is 42.9 Å². The van der Waals surface area contributed by atoms with Crippen LogP contribution in [-0.4, -0.2) is 0 Å². The molecule has 0 bridgehead atoms. The van der Waals surface area contributed by atoms with Crippen LogP contribution in [0.2, 0.25) is 0 Å². The largest absolute Gasteiger partial charge is 0.485 e. The number of fused-ring (bicyclic) bond motifs is 1. The summed E-state index contributed by atoms with van der Waals surface area (Å²) in [5, 5.41) is 0. The van der Waals surface area contributed by atoms with Crippen LogP contribution in [0.25, 0.3) is 0 Å². The number of hydrogen-bond donors (Lipinski definition) is 0. The molecule has 0 saturated heterocycles. The van der Waals surface area contributed by atoms with E-state index < -0.39 is 0 Å². The lowest BCUT2D eigenvalue weighted by atomic mass is 9.89. The van der Waals surface area contributed by atoms with Gasteiger partial charge in [0, 0.05) is 11.5 Å². The molecule has 0 aromatic heterocycles. The Balaban J connectivity index is 1.82. The molecule has 0 N–H and O–H groups in total. The highest BCUT2D eigenvalue weighted by Gasteiger charge is 2.27. The molecule has 2 atom stereocenters. The van der Waals surface area contributed by atoms with E-state index in [0.717, 1.165) is 18.6 Å². The topological polar surface area (TPSA) is 9.23 Å². The Bertz CT molecular complexity index is 502. The highest BCUT2D eigenvalue weighted by molar-refractivity contribution is 5.47. The molecule has 0 amide bonds. The summed E-state index contributed by atoms with van der Waals surface area (Å²) in [5.74, 6) is 1.15. The predicted molar refractivity (Wildman–Crippen MR) is 65.8 cm³/mol. The summed E-state index contributed by atoms with van der Waals surface area (Å²) >= 11 is 0. The first-order valence-electron chi connectivity index (χ1n) is 6.12. The Labute approximate surface area is 101 Å². The van der Waals surface area contributed by atoms with Gasteiger partial charge in [0.15, 0.2) is 0 Å². The predicted octanol–water partition coefficient (Wildman–Crippen LogP) is 4.43. The minimum Gasteiger partial charge on any atom is -0.485 e. The lowest BCUT2D eigenvalue weighted by molar-refractivity contribution is 0.142. The Morgan fingerprint density at radius 3 is 2.94 bits per heavy atom. The van der Waals surface area contributed by atoms with Crippen molar-refractivity contribution >= 4 is 0 Å². The van der Waals surface area contributed by atoms with E-state index in [9.17, 15) is 4.39 Å². The number of ether oxygens (including phenoxy) is 1. The molecule has 0 radical (unpaired) electrons. The molecule has 1 nitrogen and oxygen atoms in total. The summed E-state index contributed by atoms with van der Waals surface area (Å²) in [6, 6.07) is 6.37. The van der Waals surface area contributed by atoms with Crippen molar-refractivity contribution in [2.75, 3.05) is 0 Å². The van der Waals surface area contributed by atoms with Crippen LogP contribution in [-0.2, 0) is 0 Å². The fourth-order valence-electron chi connectivity index (χ4n) is 2.45. The summed E-state index contributed by atoms with van der Waals surface area (Å²) in [6.45, 7) is 2.12. The van der Waals surface area contributed by atoms with Gasteiger partial charge in [-0.05, 0) is 36.6 Å². The van der Waals surface area contributed by atoms with Crippen LogP contribution >= 0.6 is 0 Å². The monoisotopic (exact) mass is 230 g/mol. The maximum absolute atomic E-state index is 12.9. The minimum atomic E-state index is -0.132. The number of halogens is 1. The van der Waals surface area contributed by atoms with Gasteiger partial charge >= 0.3 is 0 Å². The van der Waals surface area contributed by atoms with Crippen molar-refractivity contribution in [1.82, 2.24) is 0 Å². The second-order valence-electron chi connectivity index (χ2n) is 4.60. The molecule has 0 spiro atoms. The van der Waals surface area contributed by atoms with Crippen LogP contribution in [0, 0.1) is 0 Å². The van der Waals surface area contributed by atoms with Crippen LogP contribution in [0.5, 0.6) is 5.75 Å². The third kappa shape index (κ3) is 1.78. The molecule has 0 fully saturated rings. The van der Waals surface area contributed by atoms with Crippen LogP contribution < -0.4 is 4.74 Å². The zero-order chi connectivity index (χ0) is 11.8. The zero-order valence-electron chi connectivity index (χ0n) is 9.82. The van der Waals surface area contributed by atoms with Crippen molar-refractivity contribution in [3.8, 4) is 5.75 Å². The normalized spacial score (nSPS) is 25.6. The molecule has 2 unspecified atom stereocenters. The fraction of sp³-hybridized carbons (Fsp3) is 0.333. The molecule has 2 aliphatic rings. The number of allylic oxidation sites excluding steroid dienone is 4. The Morgan fingerprint density at radius 2 is 2.29 bits per heavy atom. The molecule has 1 aromatic rings. The van der Waals surface area contributed by atoms with E-state index in [2.05, 4.69) is 25.1 Å². The molecule has 1 aliphatic heterocycles. The van der Waals surface area contributed by atoms with Crippen LogP contribution in [0.4, 0.5) is 4.39 Å². The number of benzene rings is 1. The van der Waals surface area contributed by atoms with Gasteiger partial charge in [0.1, 0.15) is 17.7 Å². The summed E-state index contributed by atoms with van der Waals surface area (Å²) < 4.78 is 18.5. The summed E-state index contributed by atoms with van der Waals surface area (Å²) in [4.78, 5) is 0. The van der Waals surface area contributed by atoms with Crippen molar-refractivity contribution in [3.05, 3.63) is 53.4 Å². The average molecular weight is 230 g/mol. The lowest BCUT2D eigenvalue weighted by Gasteiger charge is -2.31. The summed E-state index contributed by atoms with van der Waals surface area (Å²) in [6.07, 6.45) is 7.14. The van der Waals surface area contributed by atoms with Crippen LogP contribution in [0.3, 0.4) is 0 Å². The van der Waals surface area contributed by atoms with Gasteiger partial charge in [-0.3, -0.25) is 0 Å². The highest BCUT2D eigenvalue weighted by atomic mass is 19.1. The van der Waals surface area contributed by atoms with Crippen molar-refractivity contribution in [1.29, 1.82) is 0 Å². The van der Waals surface area contributed by atoms with Crippen LogP contribution in [0.15, 0.2) is 42.3 Å². The van der Waals surface area contributed by atoms with Crippen molar-refractivity contribution in [3.63, 3.8) is 0 Å². The van der Waals surface area contributed by atoms with Gasteiger partial charge < -0.3 is 4.74 Å². The Kier molecular flexibility index (Phi) is 2.50. The van der Waals surface area contributed by atoms with E-state index in [0.29, 0.717) is 0 Å². The molecule has 1 aromatic carbocycles. The van der Waals surface area contributed by atoms with E-state index in [1.165, 1.54) is 11.1 Å². The van der Waals surface area contributed by atoms with Gasteiger partial charge in [0.05, 0.1) is 0 Å². The molecular formula is C15H15FO. The van der Waals surface area contributed by atoms with E-state index in [-0.39, 0.29) is 17.8 Å². The van der Waals surface area contributed by atoms with Gasteiger partial charge in [-0.15, -0.1) is 0 Å². The van der Waals surface area contributed by atoms with Gasteiger partial charge in [0.2, 0.25) is 0 Å². The minimum absolute atomic E-state index is 0.132. The molecule has 17 heavy (non-hydrogen) atoms. The molecule has 88 valence electrons. The van der Waals surface area contributed by atoms with Crippen molar-refractivity contribution in [2.24, 2.45) is 0 Å². The fourth-order valence-corrected chi connectivity index (χ4v) is 2.45. The first-order valence-corrected chi connectivity index (χ1v) is 6.12. The van der Waals surface area contributed by atoms with Gasteiger partial charge in [-0.1, -0.05) is 25.1 Å². The Morgan fingerprint density at radius 1 is 1.41 bits per heavy atom. The van der Waals surface area contributed by atoms with Gasteiger partial charge in [0.25, 0.3) is 0 Å². The standard InChI is InChI=1S/C15H15FO/c1-2-14-13-8-5-11(9-15(13)17-14)10-3-6-12(16)7-4-10/h3,5-10,14H,2,4H2,1H3. The van der Waals surface area contributed by atoms with E-state index >= 15 is 0 Å². The van der Waals surface area contributed by atoms with Gasteiger partial charge in [-0.25, -0.2) is 4.39 Å². The van der Waals surface area contributed by atoms with Crippen molar-refractivity contribution < 1.29 is 9.13 Å². The maximum atomic E-state index is 12.9. The second kappa shape index (κ2) is 4.02. The first-order chi connectivity index (χ1) is 8.28. The lowest BCUT2D eigenvalue weighted by Crippen LogP contribution is -2.18. The summed E-state index contributed by atoms with van der Waals surface area (Å²) in [5.41, 5.74) is 2.51. The summed E-state index contributed by atoms with van der Waals surface area (Å²) in [7, 11) is 0. The second-order valence-corrected chi connectivity index (χ2v) is 4.60. The van der Waals surface area contributed by atoms with Crippen molar-refractivity contribution in [2.45, 2.75) is 31.8 Å².